The van der Waals surface area contributed by atoms with Crippen molar-refractivity contribution in [3.8, 4) is 0 Å². The molecule has 0 radical (unpaired) electrons. The molecule has 0 bridgehead atoms. The van der Waals surface area contributed by atoms with Crippen LogP contribution in [0.15, 0.2) is 34.2 Å². The maximum absolute atomic E-state index is 12.9. The van der Waals surface area contributed by atoms with Gasteiger partial charge in [-0.1, -0.05) is 15.9 Å². The molecule has 2 aliphatic rings. The quantitative estimate of drug-likeness (QED) is 0.751. The van der Waals surface area contributed by atoms with Crippen LogP contribution < -0.4 is 4.90 Å². The molecule has 2 amide bonds. The van der Waals surface area contributed by atoms with Crippen LogP contribution in [-0.4, -0.2) is 41.3 Å². The van der Waals surface area contributed by atoms with Crippen molar-refractivity contribution < 1.29 is 9.59 Å². The van der Waals surface area contributed by atoms with E-state index >= 15 is 0 Å². The largest absolute Gasteiger partial charge is 0.342 e. The summed E-state index contributed by atoms with van der Waals surface area (Å²) in [6.07, 6.45) is 2.93. The van der Waals surface area contributed by atoms with Crippen LogP contribution in [0.4, 0.5) is 5.69 Å². The minimum absolute atomic E-state index is 0.0664. The molecule has 0 aliphatic carbocycles. The molecule has 3 heterocycles. The number of nitrogens with zero attached hydrogens (tertiary/aromatic N) is 3. The van der Waals surface area contributed by atoms with Gasteiger partial charge in [0.2, 0.25) is 11.8 Å². The van der Waals surface area contributed by atoms with E-state index < -0.39 is 0 Å². The van der Waals surface area contributed by atoms with Crippen molar-refractivity contribution in [1.29, 1.82) is 0 Å². The molecule has 0 saturated carbocycles. The van der Waals surface area contributed by atoms with E-state index in [4.69, 9.17) is 0 Å². The third-order valence-electron chi connectivity index (χ3n) is 5.17. The first-order chi connectivity index (χ1) is 12.0. The van der Waals surface area contributed by atoms with Gasteiger partial charge in [-0.05, 0) is 30.2 Å². The van der Waals surface area contributed by atoms with Crippen LogP contribution in [0.1, 0.15) is 23.9 Å². The smallest absolute Gasteiger partial charge is 0.233 e. The van der Waals surface area contributed by atoms with E-state index in [0.29, 0.717) is 19.5 Å². The van der Waals surface area contributed by atoms with E-state index in [-0.39, 0.29) is 17.2 Å². The summed E-state index contributed by atoms with van der Waals surface area (Å²) in [4.78, 5) is 32.7. The summed E-state index contributed by atoms with van der Waals surface area (Å²) in [5.41, 5.74) is 1.97. The van der Waals surface area contributed by atoms with Gasteiger partial charge in [0, 0.05) is 53.7 Å². The Labute approximate surface area is 158 Å². The molecule has 1 aromatic carbocycles. The Bertz CT molecular complexity index is 839. The minimum Gasteiger partial charge on any atom is -0.342 e. The fourth-order valence-corrected chi connectivity index (χ4v) is 4.89. The lowest BCUT2D eigenvalue weighted by molar-refractivity contribution is -0.127. The van der Waals surface area contributed by atoms with Crippen LogP contribution in [0.3, 0.4) is 0 Å². The maximum atomic E-state index is 12.9. The molecule has 25 heavy (non-hydrogen) atoms. The molecule has 1 fully saturated rings. The van der Waals surface area contributed by atoms with E-state index in [2.05, 4.69) is 27.0 Å². The van der Waals surface area contributed by atoms with Gasteiger partial charge in [0.25, 0.3) is 0 Å². The fraction of sp³-hybridized carbons (Fsp3) is 0.389. The number of thiazole rings is 1. The Kier molecular flexibility index (Phi) is 4.16. The normalized spacial score (nSPS) is 21.8. The minimum atomic E-state index is -0.163. The molecule has 7 heteroatoms. The van der Waals surface area contributed by atoms with Gasteiger partial charge in [0.05, 0.1) is 6.42 Å². The number of fused-ring (bicyclic) bond motifs is 2. The third kappa shape index (κ3) is 2.89. The number of carbonyl (C=O) groups excluding carboxylic acids is 2. The summed E-state index contributed by atoms with van der Waals surface area (Å²) in [5, 5.41) is 2.72. The van der Waals surface area contributed by atoms with Crippen LogP contribution in [0, 0.1) is 0 Å². The number of hydrogen-bond donors (Lipinski definition) is 0. The Hall–Kier alpha value is -1.73. The SMILES string of the molecule is CC(=O)N1CCC2(C1)CN(C(=O)Cc1nccs1)c1ccc(Br)cc12. The molecular formula is C18H18BrN3O2S. The van der Waals surface area contributed by atoms with E-state index in [1.165, 1.54) is 11.3 Å². The number of benzene rings is 1. The van der Waals surface area contributed by atoms with Crippen LogP contribution in [0.25, 0.3) is 0 Å². The molecule has 130 valence electrons. The molecule has 0 N–H and O–H groups in total. The molecule has 1 saturated heterocycles. The zero-order chi connectivity index (χ0) is 17.6. The van der Waals surface area contributed by atoms with Gasteiger partial charge in [-0.15, -0.1) is 11.3 Å². The number of anilines is 1. The number of likely N-dealkylation sites (tertiary alicyclic amines) is 1. The second-order valence-electron chi connectivity index (χ2n) is 6.71. The molecule has 2 aliphatic heterocycles. The number of halogens is 1. The summed E-state index contributed by atoms with van der Waals surface area (Å²) < 4.78 is 1.00. The van der Waals surface area contributed by atoms with Crippen molar-refractivity contribution in [2.24, 2.45) is 0 Å². The topological polar surface area (TPSA) is 53.5 Å². The number of hydrogen-bond acceptors (Lipinski definition) is 4. The molecule has 1 spiro atoms. The lowest BCUT2D eigenvalue weighted by Crippen LogP contribution is -2.40. The van der Waals surface area contributed by atoms with Crippen molar-refractivity contribution in [2.45, 2.75) is 25.2 Å². The zero-order valence-corrected chi connectivity index (χ0v) is 16.3. The number of aromatic nitrogens is 1. The van der Waals surface area contributed by atoms with Crippen molar-refractivity contribution in [2.75, 3.05) is 24.5 Å². The van der Waals surface area contributed by atoms with Crippen LogP contribution in [0.5, 0.6) is 0 Å². The van der Waals surface area contributed by atoms with Gasteiger partial charge in [-0.25, -0.2) is 4.98 Å². The fourth-order valence-electron chi connectivity index (χ4n) is 3.92. The highest BCUT2D eigenvalue weighted by Crippen LogP contribution is 2.47. The Morgan fingerprint density at radius 3 is 2.88 bits per heavy atom. The van der Waals surface area contributed by atoms with E-state index in [1.54, 1.807) is 13.1 Å². The van der Waals surface area contributed by atoms with E-state index in [0.717, 1.165) is 33.7 Å². The Morgan fingerprint density at radius 1 is 1.36 bits per heavy atom. The lowest BCUT2D eigenvalue weighted by Gasteiger charge is -2.25. The Morgan fingerprint density at radius 2 is 2.20 bits per heavy atom. The molecule has 5 nitrogen and oxygen atoms in total. The number of rotatable bonds is 2. The van der Waals surface area contributed by atoms with Gasteiger partial charge >= 0.3 is 0 Å². The summed E-state index contributed by atoms with van der Waals surface area (Å²) in [5.74, 6) is 0.164. The number of amides is 2. The van der Waals surface area contributed by atoms with E-state index in [1.807, 2.05) is 27.3 Å². The maximum Gasteiger partial charge on any atom is 0.233 e. The summed E-state index contributed by atoms with van der Waals surface area (Å²) in [7, 11) is 0. The molecule has 2 aromatic rings. The monoisotopic (exact) mass is 419 g/mol. The summed E-state index contributed by atoms with van der Waals surface area (Å²) in [6, 6.07) is 6.08. The lowest BCUT2D eigenvalue weighted by atomic mass is 9.81. The molecule has 1 unspecified atom stereocenters. The third-order valence-corrected chi connectivity index (χ3v) is 6.44. The van der Waals surface area contributed by atoms with E-state index in [9.17, 15) is 9.59 Å². The first-order valence-electron chi connectivity index (χ1n) is 8.23. The summed E-state index contributed by atoms with van der Waals surface area (Å²) in [6.45, 7) is 3.66. The molecule has 4 rings (SSSR count). The first-order valence-corrected chi connectivity index (χ1v) is 9.90. The van der Waals surface area contributed by atoms with Gasteiger partial charge in [-0.2, -0.15) is 0 Å². The van der Waals surface area contributed by atoms with Crippen LogP contribution in [-0.2, 0) is 21.4 Å². The first kappa shape index (κ1) is 16.7. The average molecular weight is 420 g/mol. The number of carbonyl (C=O) groups is 2. The second-order valence-corrected chi connectivity index (χ2v) is 8.61. The van der Waals surface area contributed by atoms with Gasteiger partial charge < -0.3 is 9.80 Å². The van der Waals surface area contributed by atoms with Gasteiger partial charge in [0.1, 0.15) is 5.01 Å². The highest BCUT2D eigenvalue weighted by Gasteiger charge is 2.49. The predicted molar refractivity (Wildman–Crippen MR) is 101 cm³/mol. The van der Waals surface area contributed by atoms with Gasteiger partial charge in [0.15, 0.2) is 0 Å². The Balaban J connectivity index is 1.68. The molecule has 1 atom stereocenters. The second kappa shape index (κ2) is 6.21. The predicted octanol–water partition coefficient (Wildman–Crippen LogP) is 2.98. The molecular weight excluding hydrogens is 402 g/mol. The highest BCUT2D eigenvalue weighted by molar-refractivity contribution is 9.10. The van der Waals surface area contributed by atoms with Crippen LogP contribution in [0.2, 0.25) is 0 Å². The molecule has 1 aromatic heterocycles. The van der Waals surface area contributed by atoms with Crippen molar-refractivity contribution >= 4 is 44.8 Å². The average Bonchev–Trinajstić information content (AvgIpc) is 3.28. The standard InChI is InChI=1S/C18H18BrN3O2S/c1-12(23)21-6-4-18(10-21)11-22(15-3-2-13(19)8-14(15)18)17(24)9-16-20-5-7-25-16/h2-3,5,7-8H,4,6,9-11H2,1H3. The van der Waals surface area contributed by atoms with Gasteiger partial charge in [-0.3, -0.25) is 9.59 Å². The summed E-state index contributed by atoms with van der Waals surface area (Å²) >= 11 is 5.06. The van der Waals surface area contributed by atoms with Crippen molar-refractivity contribution in [3.63, 3.8) is 0 Å². The van der Waals surface area contributed by atoms with Crippen molar-refractivity contribution in [3.05, 3.63) is 44.8 Å². The zero-order valence-electron chi connectivity index (χ0n) is 13.9. The van der Waals surface area contributed by atoms with Crippen LogP contribution >= 0.6 is 27.3 Å². The highest BCUT2D eigenvalue weighted by atomic mass is 79.9. The van der Waals surface area contributed by atoms with Crippen molar-refractivity contribution in [1.82, 2.24) is 9.88 Å².